The molecule has 4 aliphatic rings. The third-order valence-electron chi connectivity index (χ3n) is 10.5. The predicted octanol–water partition coefficient (Wildman–Crippen LogP) is 4.96. The maximum Gasteiger partial charge on any atom is 0.331 e. The molecule has 0 bridgehead atoms. The molecule has 1 aromatic heterocycles. The van der Waals surface area contributed by atoms with Gasteiger partial charge in [-0.3, -0.25) is 9.46 Å². The Kier molecular flexibility index (Phi) is 13.2. The minimum absolute atomic E-state index is 0.397. The second kappa shape index (κ2) is 17.1. The van der Waals surface area contributed by atoms with Crippen molar-refractivity contribution in [2.75, 3.05) is 94.2 Å². The summed E-state index contributed by atoms with van der Waals surface area (Å²) in [6, 6.07) is 2.64. The molecule has 0 radical (unpaired) electrons. The Hall–Kier alpha value is -1.49. The van der Waals surface area contributed by atoms with Crippen LogP contribution in [-0.4, -0.2) is 99.2 Å². The Morgan fingerprint density at radius 1 is 0.911 bits per heavy atom. The van der Waals surface area contributed by atoms with Gasteiger partial charge in [-0.1, -0.05) is 19.3 Å². The van der Waals surface area contributed by atoms with E-state index in [1.807, 2.05) is 19.9 Å². The van der Waals surface area contributed by atoms with E-state index in [4.69, 9.17) is 19.8 Å². The lowest BCUT2D eigenvalue weighted by Gasteiger charge is -2.36. The molecule has 0 aromatic carbocycles. The fourth-order valence-electron chi connectivity index (χ4n) is 7.40. The summed E-state index contributed by atoms with van der Waals surface area (Å²) in [5.74, 6) is 3.44. The van der Waals surface area contributed by atoms with E-state index in [1.165, 1.54) is 90.3 Å². The van der Waals surface area contributed by atoms with Gasteiger partial charge in [-0.2, -0.15) is 9.97 Å². The van der Waals surface area contributed by atoms with Crippen molar-refractivity contribution in [3.05, 3.63) is 6.07 Å². The van der Waals surface area contributed by atoms with Gasteiger partial charge in [0.15, 0.2) is 0 Å². The van der Waals surface area contributed by atoms with Crippen LogP contribution in [0.4, 0.5) is 17.6 Å². The summed E-state index contributed by atoms with van der Waals surface area (Å²) in [6.45, 7) is 13.0. The van der Waals surface area contributed by atoms with Crippen molar-refractivity contribution in [3.8, 4) is 0 Å². The van der Waals surface area contributed by atoms with Gasteiger partial charge in [0.05, 0.1) is 19.4 Å². The van der Waals surface area contributed by atoms with Crippen molar-refractivity contribution in [2.24, 2.45) is 17.3 Å². The lowest BCUT2D eigenvalue weighted by Crippen LogP contribution is -2.47. The number of nitrogen functional groups attached to an aromatic ring is 1. The zero-order chi connectivity index (χ0) is 31.5. The number of aromatic nitrogens is 2. The third-order valence-corrected chi connectivity index (χ3v) is 12.6. The van der Waals surface area contributed by atoms with Gasteiger partial charge in [0.1, 0.15) is 11.6 Å². The first kappa shape index (κ1) is 34.8. The molecular formula is C33H61N8O3P. The van der Waals surface area contributed by atoms with E-state index in [0.717, 1.165) is 50.5 Å². The van der Waals surface area contributed by atoms with Crippen molar-refractivity contribution in [3.63, 3.8) is 0 Å². The second-order valence-electron chi connectivity index (χ2n) is 14.1. The number of hydrogen-bond donors (Lipinski definition) is 4. The molecule has 1 aliphatic heterocycles. The van der Waals surface area contributed by atoms with E-state index < -0.39 is 7.60 Å². The molecule has 256 valence electrons. The summed E-state index contributed by atoms with van der Waals surface area (Å²) < 4.78 is 23.7. The van der Waals surface area contributed by atoms with Gasteiger partial charge in [0.25, 0.3) is 0 Å². The quantitative estimate of drug-likeness (QED) is 0.161. The molecule has 0 spiro atoms. The summed E-state index contributed by atoms with van der Waals surface area (Å²) >= 11 is 0. The van der Waals surface area contributed by atoms with Gasteiger partial charge < -0.3 is 35.6 Å². The molecule has 0 unspecified atom stereocenters. The van der Waals surface area contributed by atoms with Crippen molar-refractivity contribution in [2.45, 2.75) is 90.5 Å². The molecule has 1 saturated heterocycles. The van der Waals surface area contributed by atoms with E-state index in [0.29, 0.717) is 49.0 Å². The van der Waals surface area contributed by atoms with Crippen LogP contribution in [0.3, 0.4) is 0 Å². The van der Waals surface area contributed by atoms with Crippen LogP contribution < -0.4 is 26.6 Å². The van der Waals surface area contributed by atoms with Gasteiger partial charge in [-0.05, 0) is 89.0 Å². The lowest BCUT2D eigenvalue weighted by atomic mass is 9.82. The number of nitrogens with zero attached hydrogens (tertiary/aromatic N) is 4. The smallest absolute Gasteiger partial charge is 0.331 e. The summed E-state index contributed by atoms with van der Waals surface area (Å²) in [5, 5.41) is 11.3. The molecule has 0 amide bonds. The van der Waals surface area contributed by atoms with Gasteiger partial charge in [0.2, 0.25) is 5.95 Å². The molecule has 4 fully saturated rings. The number of anilines is 3. The van der Waals surface area contributed by atoms with E-state index in [-0.39, 0.29) is 0 Å². The Labute approximate surface area is 272 Å². The summed E-state index contributed by atoms with van der Waals surface area (Å²) in [5.41, 5.74) is 6.74. The fourth-order valence-corrected chi connectivity index (χ4v) is 9.04. The first-order valence-corrected chi connectivity index (χ1v) is 19.8. The maximum atomic E-state index is 12.8. The summed E-state index contributed by atoms with van der Waals surface area (Å²) in [4.78, 5) is 13.9. The van der Waals surface area contributed by atoms with Crippen molar-refractivity contribution in [1.82, 2.24) is 25.5 Å². The molecule has 11 nitrogen and oxygen atoms in total. The molecule has 5 rings (SSSR count). The molecule has 2 heterocycles. The Morgan fingerprint density at radius 3 is 2.22 bits per heavy atom. The lowest BCUT2D eigenvalue weighted by molar-refractivity contribution is 0.209. The predicted molar refractivity (Wildman–Crippen MR) is 184 cm³/mol. The molecule has 0 atom stereocenters. The molecule has 1 aromatic rings. The highest BCUT2D eigenvalue weighted by Crippen LogP contribution is 2.47. The SMILES string of the molecule is CCOP(=O)(CCN1CCN(c2cc(N)nc(NCC3CCC(CNCC4(CNC5CCCCC5)CC4)CC3)n2)CC1)OCC. The van der Waals surface area contributed by atoms with Crippen LogP contribution in [0.2, 0.25) is 0 Å². The van der Waals surface area contributed by atoms with Crippen LogP contribution in [0.15, 0.2) is 6.07 Å². The highest BCUT2D eigenvalue weighted by atomic mass is 31.2. The number of nitrogens with two attached hydrogens (primary N) is 1. The number of rotatable bonds is 18. The third kappa shape index (κ3) is 11.0. The Morgan fingerprint density at radius 2 is 1.58 bits per heavy atom. The molecular weight excluding hydrogens is 587 g/mol. The first-order chi connectivity index (χ1) is 21.9. The van der Waals surface area contributed by atoms with Crippen LogP contribution in [0.1, 0.15) is 84.5 Å². The van der Waals surface area contributed by atoms with Crippen LogP contribution in [-0.2, 0) is 13.6 Å². The van der Waals surface area contributed by atoms with Crippen molar-refractivity contribution < 1.29 is 13.6 Å². The largest absolute Gasteiger partial charge is 0.383 e. The fraction of sp³-hybridized carbons (Fsp3) is 0.879. The molecule has 45 heavy (non-hydrogen) atoms. The number of piperazine rings is 1. The Balaban J connectivity index is 0.974. The molecule has 12 heteroatoms. The van der Waals surface area contributed by atoms with E-state index in [2.05, 4.69) is 30.7 Å². The zero-order valence-electron chi connectivity index (χ0n) is 28.1. The normalized spacial score (nSPS) is 24.5. The van der Waals surface area contributed by atoms with E-state index in [1.54, 1.807) is 0 Å². The van der Waals surface area contributed by atoms with Gasteiger partial charge in [-0.25, -0.2) is 0 Å². The van der Waals surface area contributed by atoms with Crippen LogP contribution in [0, 0.1) is 17.3 Å². The standard InChI is InChI=1S/C33H61N8O3P/c1-3-43-45(42,44-4-2)21-20-40-16-18-41(19-17-40)31-22-30(34)38-32(39-31)36-24-28-12-10-27(11-13-28)23-35-25-33(14-15-33)26-37-29-8-6-5-7-9-29/h22,27-29,35,37H,3-21,23-26H2,1-2H3,(H3,34,36,38,39). The first-order valence-electron chi connectivity index (χ1n) is 18.1. The van der Waals surface area contributed by atoms with Crippen LogP contribution >= 0.6 is 7.60 Å². The number of nitrogens with one attached hydrogen (secondary N) is 3. The molecule has 5 N–H and O–H groups in total. The minimum Gasteiger partial charge on any atom is -0.383 e. The Bertz CT molecular complexity index is 1060. The highest BCUT2D eigenvalue weighted by molar-refractivity contribution is 7.53. The average molecular weight is 649 g/mol. The monoisotopic (exact) mass is 648 g/mol. The topological polar surface area (TPSA) is 130 Å². The van der Waals surface area contributed by atoms with Gasteiger partial charge >= 0.3 is 7.60 Å². The van der Waals surface area contributed by atoms with Crippen molar-refractivity contribution >= 4 is 25.2 Å². The van der Waals surface area contributed by atoms with Gasteiger partial charge in [0, 0.05) is 64.5 Å². The zero-order valence-corrected chi connectivity index (χ0v) is 29.0. The van der Waals surface area contributed by atoms with Gasteiger partial charge in [-0.15, -0.1) is 0 Å². The van der Waals surface area contributed by atoms with Crippen LogP contribution in [0.5, 0.6) is 0 Å². The molecule has 3 saturated carbocycles. The summed E-state index contributed by atoms with van der Waals surface area (Å²) in [6.07, 6.45) is 15.3. The van der Waals surface area contributed by atoms with Crippen LogP contribution in [0.25, 0.3) is 0 Å². The second-order valence-corrected chi connectivity index (χ2v) is 16.3. The number of hydrogen-bond acceptors (Lipinski definition) is 11. The van der Waals surface area contributed by atoms with E-state index >= 15 is 0 Å². The highest BCUT2D eigenvalue weighted by Gasteiger charge is 2.42. The minimum atomic E-state index is -3.02. The van der Waals surface area contributed by atoms with E-state index in [9.17, 15) is 4.57 Å². The molecule has 3 aliphatic carbocycles. The summed E-state index contributed by atoms with van der Waals surface area (Å²) in [7, 11) is -3.02. The maximum absolute atomic E-state index is 12.8. The van der Waals surface area contributed by atoms with Crippen molar-refractivity contribution in [1.29, 1.82) is 0 Å². The average Bonchev–Trinajstić information content (AvgIpc) is 3.83.